The number of anilines is 1. The van der Waals surface area contributed by atoms with Crippen LogP contribution in [0.15, 0.2) is 17.4 Å². The molecule has 2 rings (SSSR count). The van der Waals surface area contributed by atoms with Crippen LogP contribution in [0.25, 0.3) is 0 Å². The Balaban J connectivity index is 2.17. The molecule has 0 radical (unpaired) electrons. The van der Waals surface area contributed by atoms with Gasteiger partial charge in [0.15, 0.2) is 5.84 Å². The first-order valence-corrected chi connectivity index (χ1v) is 5.80. The van der Waals surface area contributed by atoms with Crippen molar-refractivity contribution in [1.82, 2.24) is 9.97 Å². The molecule has 0 bridgehead atoms. The van der Waals surface area contributed by atoms with Crippen molar-refractivity contribution in [2.45, 2.75) is 19.8 Å². The summed E-state index contributed by atoms with van der Waals surface area (Å²) in [6.45, 7) is 3.91. The highest BCUT2D eigenvalue weighted by molar-refractivity contribution is 5.95. The number of nitrogens with two attached hydrogens (primary N) is 1. The maximum Gasteiger partial charge on any atom is 0.225 e. The monoisotopic (exact) mass is 235 g/mol. The van der Waals surface area contributed by atoms with Gasteiger partial charge in [-0.1, -0.05) is 5.16 Å². The lowest BCUT2D eigenvalue weighted by molar-refractivity contribution is 0.318. The summed E-state index contributed by atoms with van der Waals surface area (Å²) in [5, 5.41) is 11.6. The van der Waals surface area contributed by atoms with Crippen LogP contribution in [-0.4, -0.2) is 34.1 Å². The molecule has 0 unspecified atom stereocenters. The van der Waals surface area contributed by atoms with E-state index in [4.69, 9.17) is 10.9 Å². The first kappa shape index (κ1) is 11.6. The third kappa shape index (κ3) is 2.83. The standard InChI is InChI=1S/C11H17N5O/c1-2-16(7-8-3-4-8)11-13-6-5-9(14-11)10(12)15-17/h5-6,8,17H,2-4,7H2,1H3,(H2,12,15). The van der Waals surface area contributed by atoms with Crippen LogP contribution in [0.1, 0.15) is 25.5 Å². The van der Waals surface area contributed by atoms with Gasteiger partial charge in [0, 0.05) is 19.3 Å². The molecule has 0 amide bonds. The zero-order valence-corrected chi connectivity index (χ0v) is 9.87. The van der Waals surface area contributed by atoms with Gasteiger partial charge in [0.2, 0.25) is 5.95 Å². The van der Waals surface area contributed by atoms with E-state index < -0.39 is 0 Å². The highest BCUT2D eigenvalue weighted by Gasteiger charge is 2.24. The average Bonchev–Trinajstić information content (AvgIpc) is 3.19. The molecule has 0 saturated heterocycles. The molecule has 0 atom stereocenters. The van der Waals surface area contributed by atoms with Gasteiger partial charge in [-0.25, -0.2) is 9.97 Å². The van der Waals surface area contributed by atoms with Crippen molar-refractivity contribution in [1.29, 1.82) is 0 Å². The first-order valence-electron chi connectivity index (χ1n) is 5.80. The van der Waals surface area contributed by atoms with Gasteiger partial charge in [-0.2, -0.15) is 0 Å². The smallest absolute Gasteiger partial charge is 0.225 e. The van der Waals surface area contributed by atoms with E-state index in [0.29, 0.717) is 11.6 Å². The van der Waals surface area contributed by atoms with Crippen molar-refractivity contribution in [2.75, 3.05) is 18.0 Å². The summed E-state index contributed by atoms with van der Waals surface area (Å²) >= 11 is 0. The van der Waals surface area contributed by atoms with E-state index in [1.54, 1.807) is 12.3 Å². The minimum atomic E-state index is 0.0103. The molecule has 1 heterocycles. The Hall–Kier alpha value is -1.85. The molecule has 17 heavy (non-hydrogen) atoms. The van der Waals surface area contributed by atoms with Crippen LogP contribution in [0.5, 0.6) is 0 Å². The fourth-order valence-electron chi connectivity index (χ4n) is 1.66. The normalized spacial score (nSPS) is 15.9. The van der Waals surface area contributed by atoms with Crippen molar-refractivity contribution in [2.24, 2.45) is 16.8 Å². The molecule has 1 aliphatic carbocycles. The summed E-state index contributed by atoms with van der Waals surface area (Å²) in [6.07, 6.45) is 4.21. The lowest BCUT2D eigenvalue weighted by Gasteiger charge is -2.20. The van der Waals surface area contributed by atoms with E-state index in [1.807, 2.05) is 0 Å². The van der Waals surface area contributed by atoms with E-state index in [1.165, 1.54) is 12.8 Å². The number of hydrogen-bond acceptors (Lipinski definition) is 5. The molecule has 3 N–H and O–H groups in total. The number of amidine groups is 1. The predicted octanol–water partition coefficient (Wildman–Crippen LogP) is 0.807. The van der Waals surface area contributed by atoms with Crippen LogP contribution in [0.2, 0.25) is 0 Å². The van der Waals surface area contributed by atoms with Gasteiger partial charge in [0.05, 0.1) is 0 Å². The van der Waals surface area contributed by atoms with E-state index in [2.05, 4.69) is 26.9 Å². The maximum absolute atomic E-state index is 8.62. The third-order valence-electron chi connectivity index (χ3n) is 2.85. The molecule has 0 aliphatic heterocycles. The van der Waals surface area contributed by atoms with E-state index in [0.717, 1.165) is 19.0 Å². The third-order valence-corrected chi connectivity index (χ3v) is 2.85. The number of hydrogen-bond donors (Lipinski definition) is 2. The number of rotatable bonds is 5. The lowest BCUT2D eigenvalue weighted by atomic mass is 10.3. The number of nitrogens with zero attached hydrogens (tertiary/aromatic N) is 4. The van der Waals surface area contributed by atoms with Gasteiger partial charge in [0.25, 0.3) is 0 Å². The van der Waals surface area contributed by atoms with E-state index >= 15 is 0 Å². The van der Waals surface area contributed by atoms with Crippen LogP contribution in [-0.2, 0) is 0 Å². The minimum absolute atomic E-state index is 0.0103. The summed E-state index contributed by atoms with van der Waals surface area (Å²) in [5.74, 6) is 1.42. The zero-order valence-electron chi connectivity index (χ0n) is 9.87. The number of aromatic nitrogens is 2. The first-order chi connectivity index (χ1) is 8.24. The maximum atomic E-state index is 8.62. The molecule has 6 heteroatoms. The molecule has 1 aliphatic rings. The fraction of sp³-hybridized carbons (Fsp3) is 0.545. The Labute approximate surface area is 100 Å². The van der Waals surface area contributed by atoms with Crippen molar-refractivity contribution in [3.05, 3.63) is 18.0 Å². The summed E-state index contributed by atoms with van der Waals surface area (Å²) in [6, 6.07) is 1.63. The summed E-state index contributed by atoms with van der Waals surface area (Å²) < 4.78 is 0. The Kier molecular flexibility index (Phi) is 3.41. The van der Waals surface area contributed by atoms with Crippen LogP contribution in [0, 0.1) is 5.92 Å². The van der Waals surface area contributed by atoms with Crippen molar-refractivity contribution in [3.63, 3.8) is 0 Å². The van der Waals surface area contributed by atoms with Gasteiger partial charge in [-0.3, -0.25) is 0 Å². The fourth-order valence-corrected chi connectivity index (χ4v) is 1.66. The molecular formula is C11H17N5O. The topological polar surface area (TPSA) is 87.6 Å². The summed E-state index contributed by atoms with van der Waals surface area (Å²) in [4.78, 5) is 10.6. The second-order valence-corrected chi connectivity index (χ2v) is 4.21. The van der Waals surface area contributed by atoms with Crippen LogP contribution in [0.4, 0.5) is 5.95 Å². The second-order valence-electron chi connectivity index (χ2n) is 4.21. The molecule has 1 aromatic rings. The molecule has 1 aromatic heterocycles. The Morgan fingerprint density at radius 2 is 2.41 bits per heavy atom. The molecule has 1 saturated carbocycles. The average molecular weight is 235 g/mol. The molecule has 0 spiro atoms. The van der Waals surface area contributed by atoms with Gasteiger partial charge >= 0.3 is 0 Å². The van der Waals surface area contributed by atoms with Gasteiger partial charge in [-0.15, -0.1) is 0 Å². The Morgan fingerprint density at radius 3 is 3.00 bits per heavy atom. The molecular weight excluding hydrogens is 218 g/mol. The highest BCUT2D eigenvalue weighted by atomic mass is 16.4. The Morgan fingerprint density at radius 1 is 1.65 bits per heavy atom. The van der Waals surface area contributed by atoms with Crippen LogP contribution >= 0.6 is 0 Å². The Bertz CT molecular complexity index is 416. The lowest BCUT2D eigenvalue weighted by Crippen LogP contribution is -2.28. The summed E-state index contributed by atoms with van der Waals surface area (Å²) in [7, 11) is 0. The SMILES string of the molecule is CCN(CC1CC1)c1nccc(/C(N)=N/O)n1. The van der Waals surface area contributed by atoms with Gasteiger partial charge < -0.3 is 15.8 Å². The van der Waals surface area contributed by atoms with Crippen LogP contribution in [0.3, 0.4) is 0 Å². The number of oxime groups is 1. The quantitative estimate of drug-likeness (QED) is 0.341. The van der Waals surface area contributed by atoms with Crippen LogP contribution < -0.4 is 10.6 Å². The molecule has 92 valence electrons. The highest BCUT2D eigenvalue weighted by Crippen LogP contribution is 2.30. The molecule has 1 fully saturated rings. The second kappa shape index (κ2) is 4.99. The largest absolute Gasteiger partial charge is 0.409 e. The van der Waals surface area contributed by atoms with Crippen molar-refractivity contribution >= 4 is 11.8 Å². The van der Waals surface area contributed by atoms with Crippen molar-refractivity contribution < 1.29 is 5.21 Å². The molecule has 6 nitrogen and oxygen atoms in total. The van der Waals surface area contributed by atoms with Gasteiger partial charge in [0.1, 0.15) is 5.69 Å². The van der Waals surface area contributed by atoms with E-state index in [-0.39, 0.29) is 5.84 Å². The minimum Gasteiger partial charge on any atom is -0.409 e. The zero-order chi connectivity index (χ0) is 12.3. The van der Waals surface area contributed by atoms with Gasteiger partial charge in [-0.05, 0) is 31.7 Å². The van der Waals surface area contributed by atoms with Crippen molar-refractivity contribution in [3.8, 4) is 0 Å². The van der Waals surface area contributed by atoms with E-state index in [9.17, 15) is 0 Å². The predicted molar refractivity (Wildman–Crippen MR) is 65.2 cm³/mol. The molecule has 0 aromatic carbocycles. The summed E-state index contributed by atoms with van der Waals surface area (Å²) in [5.41, 5.74) is 5.96.